The summed E-state index contributed by atoms with van der Waals surface area (Å²) in [6.07, 6.45) is -2.49. The van der Waals surface area contributed by atoms with Crippen LogP contribution >= 0.6 is 27.7 Å². The maximum absolute atomic E-state index is 12.9. The van der Waals surface area contributed by atoms with Crippen LogP contribution in [0.4, 0.5) is 18.9 Å². The SMILES string of the molecule is CCC1(C)CCSC(Nc2ccc(Br)c(C(F)(F)F)c2)=N1. The van der Waals surface area contributed by atoms with Crippen molar-refractivity contribution in [1.29, 1.82) is 0 Å². The Bertz CT molecular complexity index is 560. The van der Waals surface area contributed by atoms with Gasteiger partial charge in [0.25, 0.3) is 0 Å². The van der Waals surface area contributed by atoms with Crippen LogP contribution in [0.2, 0.25) is 0 Å². The van der Waals surface area contributed by atoms with Crippen LogP contribution in [0.5, 0.6) is 0 Å². The Hall–Kier alpha value is -0.690. The van der Waals surface area contributed by atoms with Crippen LogP contribution in [0, 0.1) is 0 Å². The largest absolute Gasteiger partial charge is 0.417 e. The van der Waals surface area contributed by atoms with Crippen molar-refractivity contribution in [3.63, 3.8) is 0 Å². The first-order valence-electron chi connectivity index (χ1n) is 6.60. The fourth-order valence-electron chi connectivity index (χ4n) is 1.96. The molecule has 0 radical (unpaired) electrons. The summed E-state index contributed by atoms with van der Waals surface area (Å²) in [5, 5.41) is 3.68. The number of thioether (sulfide) groups is 1. The fraction of sp³-hybridized carbons (Fsp3) is 0.500. The lowest BCUT2D eigenvalue weighted by Crippen LogP contribution is -2.29. The van der Waals surface area contributed by atoms with Crippen LogP contribution < -0.4 is 5.32 Å². The van der Waals surface area contributed by atoms with Crippen molar-refractivity contribution in [1.82, 2.24) is 0 Å². The zero-order chi connectivity index (χ0) is 15.7. The summed E-state index contributed by atoms with van der Waals surface area (Å²) < 4.78 is 38.7. The fourth-order valence-corrected chi connectivity index (χ4v) is 3.65. The number of rotatable bonds is 2. The van der Waals surface area contributed by atoms with Gasteiger partial charge >= 0.3 is 6.18 Å². The highest BCUT2D eigenvalue weighted by atomic mass is 79.9. The molecule has 0 aliphatic carbocycles. The summed E-state index contributed by atoms with van der Waals surface area (Å²) >= 11 is 4.48. The number of hydrogen-bond donors (Lipinski definition) is 1. The number of nitrogens with one attached hydrogen (secondary N) is 1. The van der Waals surface area contributed by atoms with Gasteiger partial charge in [0, 0.05) is 15.9 Å². The average molecular weight is 381 g/mol. The molecule has 0 saturated carbocycles. The van der Waals surface area contributed by atoms with Crippen LogP contribution in [0.1, 0.15) is 32.3 Å². The lowest BCUT2D eigenvalue weighted by Gasteiger charge is -2.29. The first-order chi connectivity index (χ1) is 9.73. The van der Waals surface area contributed by atoms with Gasteiger partial charge in [-0.25, -0.2) is 0 Å². The molecule has 1 aliphatic heterocycles. The van der Waals surface area contributed by atoms with E-state index in [2.05, 4.69) is 40.1 Å². The van der Waals surface area contributed by atoms with E-state index in [0.29, 0.717) is 10.9 Å². The third-order valence-electron chi connectivity index (χ3n) is 3.54. The minimum Gasteiger partial charge on any atom is -0.335 e. The maximum Gasteiger partial charge on any atom is 0.417 e. The quantitative estimate of drug-likeness (QED) is 0.727. The van der Waals surface area contributed by atoms with Crippen molar-refractivity contribution in [2.24, 2.45) is 4.99 Å². The number of benzene rings is 1. The minimum atomic E-state index is -4.38. The average Bonchev–Trinajstić information content (AvgIpc) is 2.40. The number of amidine groups is 1. The highest BCUT2D eigenvalue weighted by molar-refractivity contribution is 9.10. The monoisotopic (exact) mass is 380 g/mol. The summed E-state index contributed by atoms with van der Waals surface area (Å²) in [5.41, 5.74) is -0.417. The third-order valence-corrected chi connectivity index (χ3v) is 5.10. The molecule has 0 fully saturated rings. The van der Waals surface area contributed by atoms with Crippen molar-refractivity contribution in [3.05, 3.63) is 28.2 Å². The topological polar surface area (TPSA) is 24.4 Å². The van der Waals surface area contributed by atoms with E-state index in [1.165, 1.54) is 17.8 Å². The summed E-state index contributed by atoms with van der Waals surface area (Å²) in [5.74, 6) is 0.916. The molecule has 2 rings (SSSR count). The molecule has 1 aromatic carbocycles. The van der Waals surface area contributed by atoms with E-state index in [1.54, 1.807) is 6.07 Å². The second-order valence-corrected chi connectivity index (χ2v) is 7.12. The normalized spacial score (nSPS) is 22.9. The summed E-state index contributed by atoms with van der Waals surface area (Å²) in [7, 11) is 0. The molecule has 0 saturated heterocycles. The van der Waals surface area contributed by atoms with Crippen molar-refractivity contribution >= 4 is 38.5 Å². The predicted octanol–water partition coefficient (Wildman–Crippen LogP) is 5.54. The van der Waals surface area contributed by atoms with E-state index in [1.807, 2.05) is 0 Å². The standard InChI is InChI=1S/C14H16BrF3N2S/c1-3-13(2)6-7-21-12(20-13)19-9-4-5-11(15)10(8-9)14(16,17)18/h4-5,8H,3,6-7H2,1-2H3,(H,19,20). The minimum absolute atomic E-state index is 0.0391. The molecule has 1 heterocycles. The Labute approximate surface area is 134 Å². The third kappa shape index (κ3) is 4.16. The first kappa shape index (κ1) is 16.7. The van der Waals surface area contributed by atoms with Gasteiger partial charge in [0.1, 0.15) is 0 Å². The second-order valence-electron chi connectivity index (χ2n) is 5.18. The van der Waals surface area contributed by atoms with E-state index < -0.39 is 11.7 Å². The first-order valence-corrected chi connectivity index (χ1v) is 8.38. The van der Waals surface area contributed by atoms with Crippen LogP contribution in [0.3, 0.4) is 0 Å². The summed E-state index contributed by atoms with van der Waals surface area (Å²) in [6, 6.07) is 4.11. The zero-order valence-electron chi connectivity index (χ0n) is 11.7. The van der Waals surface area contributed by atoms with Gasteiger partial charge in [-0.3, -0.25) is 4.99 Å². The van der Waals surface area contributed by atoms with Gasteiger partial charge in [-0.2, -0.15) is 13.2 Å². The number of alkyl halides is 3. The van der Waals surface area contributed by atoms with Gasteiger partial charge in [-0.05, 0) is 38.0 Å². The summed E-state index contributed by atoms with van der Waals surface area (Å²) in [6.45, 7) is 4.13. The molecular weight excluding hydrogens is 365 g/mol. The Balaban J connectivity index is 2.25. The molecule has 0 amide bonds. The second kappa shape index (κ2) is 6.20. The van der Waals surface area contributed by atoms with E-state index >= 15 is 0 Å². The number of anilines is 1. The predicted molar refractivity (Wildman–Crippen MR) is 86.0 cm³/mol. The zero-order valence-corrected chi connectivity index (χ0v) is 14.1. The number of hydrogen-bond acceptors (Lipinski definition) is 3. The molecule has 1 atom stereocenters. The molecular formula is C14H16BrF3N2S. The molecule has 7 heteroatoms. The molecule has 1 aliphatic rings. The van der Waals surface area contributed by atoms with Gasteiger partial charge in [0.2, 0.25) is 0 Å². The van der Waals surface area contributed by atoms with E-state index in [9.17, 15) is 13.2 Å². The number of aliphatic imine (C=N–C) groups is 1. The maximum atomic E-state index is 12.9. The van der Waals surface area contributed by atoms with Crippen LogP contribution in [0.15, 0.2) is 27.7 Å². The Morgan fingerprint density at radius 2 is 2.14 bits per heavy atom. The Morgan fingerprint density at radius 3 is 2.76 bits per heavy atom. The lowest BCUT2D eigenvalue weighted by molar-refractivity contribution is -0.138. The van der Waals surface area contributed by atoms with Crippen molar-refractivity contribution in [3.8, 4) is 0 Å². The van der Waals surface area contributed by atoms with Crippen LogP contribution in [0.25, 0.3) is 0 Å². The van der Waals surface area contributed by atoms with Gasteiger partial charge in [0.05, 0.1) is 11.1 Å². The highest BCUT2D eigenvalue weighted by Gasteiger charge is 2.33. The highest BCUT2D eigenvalue weighted by Crippen LogP contribution is 2.37. The Kier molecular flexibility index (Phi) is 4.92. The number of halogens is 4. The molecule has 0 bridgehead atoms. The van der Waals surface area contributed by atoms with E-state index in [-0.39, 0.29) is 10.0 Å². The van der Waals surface area contributed by atoms with Gasteiger partial charge in [0.15, 0.2) is 5.17 Å². The van der Waals surface area contributed by atoms with E-state index in [0.717, 1.165) is 24.7 Å². The van der Waals surface area contributed by atoms with Gasteiger partial charge < -0.3 is 5.32 Å². The van der Waals surface area contributed by atoms with E-state index in [4.69, 9.17) is 0 Å². The number of nitrogens with zero attached hydrogens (tertiary/aromatic N) is 1. The molecule has 21 heavy (non-hydrogen) atoms. The molecule has 1 N–H and O–H groups in total. The van der Waals surface area contributed by atoms with Crippen LogP contribution in [-0.2, 0) is 6.18 Å². The smallest absolute Gasteiger partial charge is 0.335 e. The molecule has 0 spiro atoms. The van der Waals surface area contributed by atoms with Gasteiger partial charge in [-0.15, -0.1) is 0 Å². The lowest BCUT2D eigenvalue weighted by atomic mass is 9.97. The van der Waals surface area contributed by atoms with Gasteiger partial charge in [-0.1, -0.05) is 34.6 Å². The molecule has 2 nitrogen and oxygen atoms in total. The van der Waals surface area contributed by atoms with Crippen molar-refractivity contribution in [2.45, 2.75) is 38.4 Å². The molecule has 116 valence electrons. The molecule has 1 unspecified atom stereocenters. The molecule has 0 aromatic heterocycles. The van der Waals surface area contributed by atoms with Crippen molar-refractivity contribution in [2.75, 3.05) is 11.1 Å². The van der Waals surface area contributed by atoms with Crippen molar-refractivity contribution < 1.29 is 13.2 Å². The Morgan fingerprint density at radius 1 is 1.43 bits per heavy atom. The van der Waals surface area contributed by atoms with Crippen LogP contribution in [-0.4, -0.2) is 16.5 Å². The summed E-state index contributed by atoms with van der Waals surface area (Å²) in [4.78, 5) is 4.62. The molecule has 1 aromatic rings.